The number of H-pyrrole nitrogens is 1. The minimum Gasteiger partial charge on any atom is -0.300 e. The summed E-state index contributed by atoms with van der Waals surface area (Å²) >= 11 is 1.53. The van der Waals surface area contributed by atoms with Crippen LogP contribution < -0.4 is 5.69 Å². The maximum absolute atomic E-state index is 11.5. The molecule has 2 rings (SSSR count). The SMILES string of the molecule is CC(C)n1c(SC2CCC(=O)C2)n[nH]c1=O. The first-order valence-electron chi connectivity index (χ1n) is 5.43. The Morgan fingerprint density at radius 1 is 1.50 bits per heavy atom. The van der Waals surface area contributed by atoms with Gasteiger partial charge in [-0.25, -0.2) is 9.89 Å². The minimum atomic E-state index is -0.179. The number of Topliss-reactive ketones (excluding diaryl/α,β-unsaturated/α-hetero) is 1. The molecule has 0 bridgehead atoms. The summed E-state index contributed by atoms with van der Waals surface area (Å²) in [4.78, 5) is 22.6. The van der Waals surface area contributed by atoms with E-state index >= 15 is 0 Å². The smallest absolute Gasteiger partial charge is 0.300 e. The van der Waals surface area contributed by atoms with E-state index < -0.39 is 0 Å². The van der Waals surface area contributed by atoms with Crippen molar-refractivity contribution in [2.24, 2.45) is 0 Å². The number of aromatic amines is 1. The lowest BCUT2D eigenvalue weighted by atomic mass is 10.4. The van der Waals surface area contributed by atoms with Gasteiger partial charge in [0.15, 0.2) is 5.16 Å². The quantitative estimate of drug-likeness (QED) is 0.867. The van der Waals surface area contributed by atoms with Crippen molar-refractivity contribution in [2.75, 3.05) is 0 Å². The van der Waals surface area contributed by atoms with Crippen LogP contribution in [-0.2, 0) is 4.79 Å². The highest BCUT2D eigenvalue weighted by Crippen LogP contribution is 2.32. The molecule has 0 saturated heterocycles. The van der Waals surface area contributed by atoms with E-state index in [1.807, 2.05) is 13.8 Å². The number of nitrogens with zero attached hydrogens (tertiary/aromatic N) is 2. The number of hydrogen-bond donors (Lipinski definition) is 1. The van der Waals surface area contributed by atoms with E-state index in [2.05, 4.69) is 10.2 Å². The van der Waals surface area contributed by atoms with Crippen LogP contribution in [0.4, 0.5) is 0 Å². The van der Waals surface area contributed by atoms with Crippen molar-refractivity contribution < 1.29 is 4.79 Å². The second-order valence-electron chi connectivity index (χ2n) is 4.30. The summed E-state index contributed by atoms with van der Waals surface area (Å²) in [5, 5.41) is 7.43. The maximum Gasteiger partial charge on any atom is 0.344 e. The molecule has 88 valence electrons. The molecule has 1 aromatic rings. The Bertz CT molecular complexity index is 449. The Kier molecular flexibility index (Phi) is 3.18. The molecule has 16 heavy (non-hydrogen) atoms. The Balaban J connectivity index is 2.15. The van der Waals surface area contributed by atoms with Crippen LogP contribution in [0.2, 0.25) is 0 Å². The zero-order valence-electron chi connectivity index (χ0n) is 9.40. The van der Waals surface area contributed by atoms with E-state index in [-0.39, 0.29) is 17.0 Å². The molecule has 1 aromatic heterocycles. The third-order valence-electron chi connectivity index (χ3n) is 2.66. The molecule has 0 radical (unpaired) electrons. The highest BCUT2D eigenvalue weighted by Gasteiger charge is 2.25. The highest BCUT2D eigenvalue weighted by atomic mass is 32.2. The summed E-state index contributed by atoms with van der Waals surface area (Å²) in [7, 11) is 0. The summed E-state index contributed by atoms with van der Waals surface area (Å²) in [6, 6.07) is 0.0888. The van der Waals surface area contributed by atoms with E-state index in [1.54, 1.807) is 4.57 Å². The maximum atomic E-state index is 11.5. The number of thioether (sulfide) groups is 1. The van der Waals surface area contributed by atoms with Crippen molar-refractivity contribution in [3.63, 3.8) is 0 Å². The molecule has 0 aliphatic heterocycles. The largest absolute Gasteiger partial charge is 0.344 e. The van der Waals surface area contributed by atoms with Gasteiger partial charge in [-0.05, 0) is 20.3 Å². The first-order chi connectivity index (χ1) is 7.58. The number of hydrogen-bond acceptors (Lipinski definition) is 4. The van der Waals surface area contributed by atoms with Gasteiger partial charge in [0.1, 0.15) is 5.78 Å². The Morgan fingerprint density at radius 2 is 2.25 bits per heavy atom. The fraction of sp³-hybridized carbons (Fsp3) is 0.700. The number of carbonyl (C=O) groups is 1. The Morgan fingerprint density at radius 3 is 2.81 bits per heavy atom. The Labute approximate surface area is 97.6 Å². The van der Waals surface area contributed by atoms with E-state index in [4.69, 9.17) is 0 Å². The lowest BCUT2D eigenvalue weighted by Gasteiger charge is -2.11. The summed E-state index contributed by atoms with van der Waals surface area (Å²) < 4.78 is 1.63. The van der Waals surface area contributed by atoms with Crippen LogP contribution in [0.5, 0.6) is 0 Å². The second-order valence-corrected chi connectivity index (χ2v) is 5.56. The van der Waals surface area contributed by atoms with Gasteiger partial charge in [-0.1, -0.05) is 11.8 Å². The molecule has 0 spiro atoms. The van der Waals surface area contributed by atoms with Crippen molar-refractivity contribution in [3.8, 4) is 0 Å². The summed E-state index contributed by atoms with van der Waals surface area (Å²) in [6.45, 7) is 3.89. The van der Waals surface area contributed by atoms with Crippen molar-refractivity contribution in [1.29, 1.82) is 0 Å². The first kappa shape index (κ1) is 11.4. The summed E-state index contributed by atoms with van der Waals surface area (Å²) in [6.07, 6.45) is 2.15. The average molecular weight is 241 g/mol. The monoisotopic (exact) mass is 241 g/mol. The van der Waals surface area contributed by atoms with Crippen molar-refractivity contribution in [3.05, 3.63) is 10.5 Å². The third kappa shape index (κ3) is 2.21. The molecule has 5 nitrogen and oxygen atoms in total. The van der Waals surface area contributed by atoms with Gasteiger partial charge in [0.05, 0.1) is 0 Å². The molecule has 1 aliphatic carbocycles. The normalized spacial score (nSPS) is 20.9. The number of carbonyl (C=O) groups excluding carboxylic acids is 1. The van der Waals surface area contributed by atoms with Gasteiger partial charge < -0.3 is 0 Å². The van der Waals surface area contributed by atoms with Gasteiger partial charge in [-0.3, -0.25) is 9.36 Å². The van der Waals surface area contributed by atoms with Crippen LogP contribution in [0.1, 0.15) is 39.2 Å². The molecule has 0 amide bonds. The molecule has 6 heteroatoms. The van der Waals surface area contributed by atoms with Gasteiger partial charge in [0.2, 0.25) is 0 Å². The summed E-state index contributed by atoms with van der Waals surface area (Å²) in [5.41, 5.74) is -0.179. The molecule has 1 aliphatic rings. The van der Waals surface area contributed by atoms with Crippen LogP contribution >= 0.6 is 11.8 Å². The lowest BCUT2D eigenvalue weighted by Crippen LogP contribution is -2.19. The molecule has 1 fully saturated rings. The standard InChI is InChI=1S/C10H15N3O2S/c1-6(2)13-9(15)11-12-10(13)16-8-4-3-7(14)5-8/h6,8H,3-5H2,1-2H3,(H,11,15). The molecular formula is C10H15N3O2S. The highest BCUT2D eigenvalue weighted by molar-refractivity contribution is 7.99. The van der Waals surface area contributed by atoms with Crippen LogP contribution in [0, 0.1) is 0 Å². The van der Waals surface area contributed by atoms with E-state index in [1.165, 1.54) is 11.8 Å². The zero-order chi connectivity index (χ0) is 11.7. The Hall–Kier alpha value is -1.04. The molecule has 1 saturated carbocycles. The number of aromatic nitrogens is 3. The molecule has 1 heterocycles. The molecule has 1 unspecified atom stereocenters. The predicted octanol–water partition coefficient (Wildman–Crippen LogP) is 1.37. The van der Waals surface area contributed by atoms with Crippen molar-refractivity contribution in [2.45, 2.75) is 49.6 Å². The fourth-order valence-electron chi connectivity index (χ4n) is 1.86. The van der Waals surface area contributed by atoms with Gasteiger partial charge in [0, 0.05) is 24.1 Å². The molecule has 0 aromatic carbocycles. The van der Waals surface area contributed by atoms with Crippen LogP contribution in [0.3, 0.4) is 0 Å². The molecule has 1 N–H and O–H groups in total. The van der Waals surface area contributed by atoms with Crippen LogP contribution in [0.15, 0.2) is 9.95 Å². The summed E-state index contributed by atoms with van der Waals surface area (Å²) in [5.74, 6) is 0.312. The van der Waals surface area contributed by atoms with E-state index in [0.717, 1.165) is 6.42 Å². The van der Waals surface area contributed by atoms with Crippen molar-refractivity contribution in [1.82, 2.24) is 14.8 Å². The van der Waals surface area contributed by atoms with E-state index in [0.29, 0.717) is 23.8 Å². The minimum absolute atomic E-state index is 0.0888. The number of rotatable bonds is 3. The molecular weight excluding hydrogens is 226 g/mol. The van der Waals surface area contributed by atoms with Gasteiger partial charge >= 0.3 is 5.69 Å². The predicted molar refractivity (Wildman–Crippen MR) is 61.7 cm³/mol. The van der Waals surface area contributed by atoms with Crippen LogP contribution in [0.25, 0.3) is 0 Å². The number of ketones is 1. The number of nitrogens with one attached hydrogen (secondary N) is 1. The van der Waals surface area contributed by atoms with Gasteiger partial charge in [-0.15, -0.1) is 5.10 Å². The van der Waals surface area contributed by atoms with Crippen LogP contribution in [-0.4, -0.2) is 25.8 Å². The van der Waals surface area contributed by atoms with Gasteiger partial charge in [-0.2, -0.15) is 0 Å². The first-order valence-corrected chi connectivity index (χ1v) is 6.31. The zero-order valence-corrected chi connectivity index (χ0v) is 10.2. The average Bonchev–Trinajstić information content (AvgIpc) is 2.74. The fourth-order valence-corrected chi connectivity index (χ4v) is 3.17. The van der Waals surface area contributed by atoms with E-state index in [9.17, 15) is 9.59 Å². The third-order valence-corrected chi connectivity index (χ3v) is 3.90. The molecule has 1 atom stereocenters. The second kappa shape index (κ2) is 4.45. The van der Waals surface area contributed by atoms with Gasteiger partial charge in [0.25, 0.3) is 0 Å². The lowest BCUT2D eigenvalue weighted by molar-refractivity contribution is -0.117. The topological polar surface area (TPSA) is 67.8 Å². The van der Waals surface area contributed by atoms with Crippen molar-refractivity contribution >= 4 is 17.5 Å².